The molecule has 0 saturated carbocycles. The van der Waals surface area contributed by atoms with Gasteiger partial charge in [-0.25, -0.2) is 4.79 Å². The first kappa shape index (κ1) is 10.7. The SMILES string of the molecule is Cl.N[C@@H]1CC[C@@H](C(=O)O)OC1. The van der Waals surface area contributed by atoms with Gasteiger partial charge in [0, 0.05) is 6.04 Å². The summed E-state index contributed by atoms with van der Waals surface area (Å²) in [5.74, 6) is -0.882. The summed E-state index contributed by atoms with van der Waals surface area (Å²) in [7, 11) is 0. The van der Waals surface area contributed by atoms with Crippen LogP contribution in [0.4, 0.5) is 0 Å². The molecule has 1 aliphatic rings. The van der Waals surface area contributed by atoms with Crippen LogP contribution < -0.4 is 5.73 Å². The molecule has 0 aromatic heterocycles. The van der Waals surface area contributed by atoms with E-state index in [1.165, 1.54) is 0 Å². The molecule has 1 rings (SSSR count). The Balaban J connectivity index is 0.000001000. The van der Waals surface area contributed by atoms with Gasteiger partial charge in [0.05, 0.1) is 6.61 Å². The highest BCUT2D eigenvalue weighted by Gasteiger charge is 2.24. The van der Waals surface area contributed by atoms with E-state index in [-0.39, 0.29) is 18.4 Å². The van der Waals surface area contributed by atoms with Gasteiger partial charge in [0.2, 0.25) is 0 Å². The van der Waals surface area contributed by atoms with E-state index >= 15 is 0 Å². The van der Waals surface area contributed by atoms with Crippen molar-refractivity contribution in [3.8, 4) is 0 Å². The smallest absolute Gasteiger partial charge is 0.332 e. The van der Waals surface area contributed by atoms with Gasteiger partial charge in [0.25, 0.3) is 0 Å². The Bertz CT molecular complexity index is 134. The Hall–Kier alpha value is -0.320. The molecule has 1 fully saturated rings. The average molecular weight is 182 g/mol. The monoisotopic (exact) mass is 181 g/mol. The largest absolute Gasteiger partial charge is 0.479 e. The molecule has 1 saturated heterocycles. The Morgan fingerprint density at radius 2 is 2.18 bits per heavy atom. The third-order valence-electron chi connectivity index (χ3n) is 1.59. The average Bonchev–Trinajstić information content (AvgIpc) is 1.88. The summed E-state index contributed by atoms with van der Waals surface area (Å²) in [6.45, 7) is 0.372. The predicted molar refractivity (Wildman–Crippen MR) is 41.8 cm³/mol. The van der Waals surface area contributed by atoms with Crippen molar-refractivity contribution in [1.82, 2.24) is 0 Å². The minimum atomic E-state index is -0.882. The lowest BCUT2D eigenvalue weighted by molar-refractivity contribution is -0.153. The topological polar surface area (TPSA) is 72.6 Å². The molecule has 0 amide bonds. The van der Waals surface area contributed by atoms with Crippen LogP contribution in [0.5, 0.6) is 0 Å². The van der Waals surface area contributed by atoms with Gasteiger partial charge in [-0.15, -0.1) is 12.4 Å². The zero-order chi connectivity index (χ0) is 7.56. The number of aliphatic carboxylic acids is 1. The Morgan fingerprint density at radius 1 is 1.55 bits per heavy atom. The first-order valence-electron chi connectivity index (χ1n) is 3.30. The number of carboxylic acids is 1. The first-order chi connectivity index (χ1) is 4.70. The number of ether oxygens (including phenoxy) is 1. The molecule has 0 radical (unpaired) electrons. The van der Waals surface area contributed by atoms with Gasteiger partial charge < -0.3 is 15.6 Å². The van der Waals surface area contributed by atoms with Crippen LogP contribution in [-0.4, -0.2) is 29.8 Å². The van der Waals surface area contributed by atoms with Crippen LogP contribution in [0.1, 0.15) is 12.8 Å². The van der Waals surface area contributed by atoms with Crippen molar-refractivity contribution in [2.24, 2.45) is 5.73 Å². The number of hydrogen-bond acceptors (Lipinski definition) is 3. The van der Waals surface area contributed by atoms with Crippen molar-refractivity contribution in [2.45, 2.75) is 25.0 Å². The first-order valence-corrected chi connectivity index (χ1v) is 3.30. The van der Waals surface area contributed by atoms with E-state index in [2.05, 4.69) is 0 Å². The second-order valence-electron chi connectivity index (χ2n) is 2.50. The summed E-state index contributed by atoms with van der Waals surface area (Å²) in [4.78, 5) is 10.3. The predicted octanol–water partition coefficient (Wildman–Crippen LogP) is -0.000900. The maximum Gasteiger partial charge on any atom is 0.332 e. The molecule has 5 heteroatoms. The van der Waals surface area contributed by atoms with E-state index in [9.17, 15) is 4.79 Å². The van der Waals surface area contributed by atoms with Crippen molar-refractivity contribution in [1.29, 1.82) is 0 Å². The quantitative estimate of drug-likeness (QED) is 0.597. The summed E-state index contributed by atoms with van der Waals surface area (Å²) in [6, 6.07) is 0.0237. The summed E-state index contributed by atoms with van der Waals surface area (Å²) < 4.78 is 4.93. The Kier molecular flexibility index (Phi) is 4.40. The molecule has 0 bridgehead atoms. The highest BCUT2D eigenvalue weighted by molar-refractivity contribution is 5.85. The maximum absolute atomic E-state index is 10.3. The van der Waals surface area contributed by atoms with Crippen LogP contribution in [-0.2, 0) is 9.53 Å². The third-order valence-corrected chi connectivity index (χ3v) is 1.59. The van der Waals surface area contributed by atoms with Gasteiger partial charge >= 0.3 is 5.97 Å². The van der Waals surface area contributed by atoms with E-state index in [0.717, 1.165) is 6.42 Å². The molecule has 2 atom stereocenters. The summed E-state index contributed by atoms with van der Waals surface area (Å²) in [5.41, 5.74) is 5.48. The fourth-order valence-corrected chi connectivity index (χ4v) is 0.967. The van der Waals surface area contributed by atoms with Crippen LogP contribution in [0.2, 0.25) is 0 Å². The second-order valence-corrected chi connectivity index (χ2v) is 2.50. The molecule has 0 aromatic rings. The number of hydrogen-bond donors (Lipinski definition) is 2. The lowest BCUT2D eigenvalue weighted by atomic mass is 10.1. The van der Waals surface area contributed by atoms with Crippen molar-refractivity contribution in [2.75, 3.05) is 6.61 Å². The molecule has 0 spiro atoms. The molecule has 0 unspecified atom stereocenters. The lowest BCUT2D eigenvalue weighted by Gasteiger charge is -2.23. The number of rotatable bonds is 1. The normalized spacial score (nSPS) is 30.6. The number of carbonyl (C=O) groups is 1. The highest BCUT2D eigenvalue weighted by atomic mass is 35.5. The molecular weight excluding hydrogens is 170 g/mol. The van der Waals surface area contributed by atoms with Crippen LogP contribution in [0.15, 0.2) is 0 Å². The molecule has 1 aliphatic heterocycles. The van der Waals surface area contributed by atoms with Crippen LogP contribution >= 0.6 is 12.4 Å². The van der Waals surface area contributed by atoms with Gasteiger partial charge in [-0.1, -0.05) is 0 Å². The van der Waals surface area contributed by atoms with Gasteiger partial charge in [-0.2, -0.15) is 0 Å². The number of nitrogens with two attached hydrogens (primary N) is 1. The van der Waals surface area contributed by atoms with E-state index in [4.69, 9.17) is 15.6 Å². The summed E-state index contributed by atoms with van der Waals surface area (Å²) >= 11 is 0. The van der Waals surface area contributed by atoms with Crippen molar-refractivity contribution < 1.29 is 14.6 Å². The molecule has 66 valence electrons. The van der Waals surface area contributed by atoms with Crippen LogP contribution in [0.25, 0.3) is 0 Å². The van der Waals surface area contributed by atoms with Gasteiger partial charge in [-0.05, 0) is 12.8 Å². The fourth-order valence-electron chi connectivity index (χ4n) is 0.967. The molecular formula is C6H12ClNO3. The van der Waals surface area contributed by atoms with Gasteiger partial charge in [0.1, 0.15) is 0 Å². The molecule has 0 aliphatic carbocycles. The standard InChI is InChI=1S/C6H11NO3.ClH/c7-4-1-2-5(6(8)9)10-3-4;/h4-5H,1-3,7H2,(H,8,9);1H/t4-,5+;/m1./s1. The van der Waals surface area contributed by atoms with Gasteiger partial charge in [-0.3, -0.25) is 0 Å². The maximum atomic E-state index is 10.3. The molecule has 1 heterocycles. The summed E-state index contributed by atoms with van der Waals surface area (Å²) in [6.07, 6.45) is 0.660. The van der Waals surface area contributed by atoms with Crippen LogP contribution in [0.3, 0.4) is 0 Å². The van der Waals surface area contributed by atoms with Crippen molar-refractivity contribution in [3.05, 3.63) is 0 Å². The summed E-state index contributed by atoms with van der Waals surface area (Å²) in [5, 5.41) is 8.46. The van der Waals surface area contributed by atoms with Crippen molar-refractivity contribution in [3.63, 3.8) is 0 Å². The Morgan fingerprint density at radius 3 is 2.55 bits per heavy atom. The van der Waals surface area contributed by atoms with E-state index in [1.807, 2.05) is 0 Å². The van der Waals surface area contributed by atoms with E-state index in [0.29, 0.717) is 13.0 Å². The fraction of sp³-hybridized carbons (Fsp3) is 0.833. The van der Waals surface area contributed by atoms with Gasteiger partial charge in [0.15, 0.2) is 6.10 Å². The molecule has 4 nitrogen and oxygen atoms in total. The number of carboxylic acid groups (broad SMARTS) is 1. The van der Waals surface area contributed by atoms with Crippen molar-refractivity contribution >= 4 is 18.4 Å². The highest BCUT2D eigenvalue weighted by Crippen LogP contribution is 2.11. The second kappa shape index (κ2) is 4.54. The third kappa shape index (κ3) is 3.05. The minimum absolute atomic E-state index is 0. The number of halogens is 1. The zero-order valence-corrected chi connectivity index (χ0v) is 6.84. The molecule has 3 N–H and O–H groups in total. The van der Waals surface area contributed by atoms with Crippen LogP contribution in [0, 0.1) is 0 Å². The van der Waals surface area contributed by atoms with E-state index < -0.39 is 12.1 Å². The molecule has 0 aromatic carbocycles. The Labute approximate surface area is 71.1 Å². The molecule has 11 heavy (non-hydrogen) atoms. The minimum Gasteiger partial charge on any atom is -0.479 e. The zero-order valence-electron chi connectivity index (χ0n) is 6.03. The lowest BCUT2D eigenvalue weighted by Crippen LogP contribution is -2.38. The van der Waals surface area contributed by atoms with E-state index in [1.54, 1.807) is 0 Å².